The van der Waals surface area contributed by atoms with Gasteiger partial charge in [-0.3, -0.25) is 4.79 Å². The molecule has 2 N–H and O–H groups in total. The summed E-state index contributed by atoms with van der Waals surface area (Å²) in [6, 6.07) is 13.5. The van der Waals surface area contributed by atoms with Crippen molar-refractivity contribution in [2.75, 3.05) is 5.32 Å². The maximum atomic E-state index is 12.0. The van der Waals surface area contributed by atoms with Gasteiger partial charge in [0.2, 0.25) is 11.8 Å². The Kier molecular flexibility index (Phi) is 5.62. The number of nitrogens with one attached hydrogen (secondary N) is 2. The van der Waals surface area contributed by atoms with E-state index < -0.39 is 0 Å². The van der Waals surface area contributed by atoms with E-state index in [-0.39, 0.29) is 12.3 Å². The fourth-order valence-corrected chi connectivity index (χ4v) is 3.59. The molecule has 0 aliphatic carbocycles. The molecule has 4 rings (SSSR count). The summed E-state index contributed by atoms with van der Waals surface area (Å²) in [5.41, 5.74) is 5.20. The first-order valence-electron chi connectivity index (χ1n) is 9.33. The average Bonchev–Trinajstić information content (AvgIpc) is 3.32. The van der Waals surface area contributed by atoms with Gasteiger partial charge in [0.15, 0.2) is 11.0 Å². The highest BCUT2D eigenvalue weighted by Crippen LogP contribution is 2.24. The normalized spacial score (nSPS) is 11.1. The van der Waals surface area contributed by atoms with Gasteiger partial charge in [-0.15, -0.1) is 0 Å². The Morgan fingerprint density at radius 2 is 1.93 bits per heavy atom. The van der Waals surface area contributed by atoms with Crippen LogP contribution in [0.4, 0.5) is 5.69 Å². The molecule has 0 aliphatic rings. The number of fused-ring (bicyclic) bond motifs is 1. The molecule has 0 fully saturated rings. The van der Waals surface area contributed by atoms with Crippen molar-refractivity contribution >= 4 is 34.4 Å². The molecule has 0 unspecified atom stereocenters. The van der Waals surface area contributed by atoms with E-state index in [1.165, 1.54) is 22.9 Å². The van der Waals surface area contributed by atoms with Gasteiger partial charge in [0.1, 0.15) is 0 Å². The average molecular weight is 407 g/mol. The largest absolute Gasteiger partial charge is 0.339 e. The highest BCUT2D eigenvalue weighted by molar-refractivity contribution is 7.98. The highest BCUT2D eigenvalue weighted by Gasteiger charge is 2.11. The third-order valence-electron chi connectivity index (χ3n) is 4.55. The van der Waals surface area contributed by atoms with Gasteiger partial charge >= 0.3 is 0 Å². The van der Waals surface area contributed by atoms with E-state index >= 15 is 0 Å². The molecule has 0 bridgehead atoms. The van der Waals surface area contributed by atoms with Gasteiger partial charge in [-0.05, 0) is 49.2 Å². The molecule has 8 heteroatoms. The number of anilines is 1. The van der Waals surface area contributed by atoms with Crippen LogP contribution in [-0.4, -0.2) is 26.0 Å². The fourth-order valence-electron chi connectivity index (χ4n) is 2.86. The lowest BCUT2D eigenvalue weighted by molar-refractivity contribution is -0.116. The van der Waals surface area contributed by atoms with Crippen LogP contribution in [0.15, 0.2) is 52.1 Å². The summed E-state index contributed by atoms with van der Waals surface area (Å²) in [4.78, 5) is 24.3. The number of benzene rings is 2. The van der Waals surface area contributed by atoms with Crippen LogP contribution in [0.25, 0.3) is 11.0 Å². The van der Waals surface area contributed by atoms with E-state index in [1.807, 2.05) is 30.3 Å². The quantitative estimate of drug-likeness (QED) is 0.440. The zero-order valence-electron chi connectivity index (χ0n) is 16.2. The zero-order valence-corrected chi connectivity index (χ0v) is 17.0. The van der Waals surface area contributed by atoms with E-state index in [9.17, 15) is 4.79 Å². The van der Waals surface area contributed by atoms with Gasteiger partial charge in [0.25, 0.3) is 0 Å². The molecule has 2 aromatic heterocycles. The molecular formula is C21H21N5O2S. The number of hydrogen-bond acceptors (Lipinski definition) is 6. The number of carbonyl (C=O) groups is 1. The maximum Gasteiger partial charge on any atom is 0.227 e. The molecular weight excluding hydrogens is 386 g/mol. The Morgan fingerprint density at radius 3 is 2.76 bits per heavy atom. The van der Waals surface area contributed by atoms with Gasteiger partial charge in [-0.25, -0.2) is 4.98 Å². The van der Waals surface area contributed by atoms with Crippen LogP contribution in [0.1, 0.15) is 29.3 Å². The predicted octanol–water partition coefficient (Wildman–Crippen LogP) is 4.43. The molecule has 29 heavy (non-hydrogen) atoms. The SMILES string of the molecule is Cc1cc2nc(SCc3noc(CCC(=O)Nc4ccccc4)n3)[nH]c2cc1C. The lowest BCUT2D eigenvalue weighted by Crippen LogP contribution is -2.12. The molecule has 0 spiro atoms. The van der Waals surface area contributed by atoms with Crippen LogP contribution in [0.5, 0.6) is 0 Å². The topological polar surface area (TPSA) is 96.7 Å². The van der Waals surface area contributed by atoms with Gasteiger partial charge < -0.3 is 14.8 Å². The van der Waals surface area contributed by atoms with Crippen molar-refractivity contribution in [2.24, 2.45) is 0 Å². The Bertz CT molecular complexity index is 1100. The summed E-state index contributed by atoms with van der Waals surface area (Å²) in [6.07, 6.45) is 0.686. The second-order valence-corrected chi connectivity index (χ2v) is 7.77. The van der Waals surface area contributed by atoms with Crippen LogP contribution >= 0.6 is 11.8 Å². The number of carbonyl (C=O) groups excluding carboxylic acids is 1. The predicted molar refractivity (Wildman–Crippen MR) is 113 cm³/mol. The third kappa shape index (κ3) is 4.83. The Hall–Kier alpha value is -3.13. The van der Waals surface area contributed by atoms with Crippen molar-refractivity contribution < 1.29 is 9.32 Å². The lowest BCUT2D eigenvalue weighted by atomic mass is 10.1. The summed E-state index contributed by atoms with van der Waals surface area (Å²) < 4.78 is 5.26. The van der Waals surface area contributed by atoms with Crippen molar-refractivity contribution in [3.05, 3.63) is 65.3 Å². The minimum atomic E-state index is -0.0850. The first kappa shape index (κ1) is 19.2. The summed E-state index contributed by atoms with van der Waals surface area (Å²) >= 11 is 1.52. The van der Waals surface area contributed by atoms with Crippen molar-refractivity contribution in [3.63, 3.8) is 0 Å². The molecule has 0 atom stereocenters. The number of para-hydroxylation sites is 1. The Labute approximate surface area is 172 Å². The summed E-state index contributed by atoms with van der Waals surface area (Å²) in [5, 5.41) is 7.65. The number of H-pyrrole nitrogens is 1. The molecule has 148 valence electrons. The Morgan fingerprint density at radius 1 is 1.14 bits per heavy atom. The second kappa shape index (κ2) is 8.48. The monoisotopic (exact) mass is 407 g/mol. The van der Waals surface area contributed by atoms with Crippen molar-refractivity contribution in [2.45, 2.75) is 37.6 Å². The number of thioether (sulfide) groups is 1. The summed E-state index contributed by atoms with van der Waals surface area (Å²) in [6.45, 7) is 4.17. The number of rotatable bonds is 7. The number of amides is 1. The van der Waals surface area contributed by atoms with Gasteiger partial charge in [-0.1, -0.05) is 35.1 Å². The van der Waals surface area contributed by atoms with E-state index in [4.69, 9.17) is 4.52 Å². The molecule has 0 radical (unpaired) electrons. The van der Waals surface area contributed by atoms with Crippen molar-refractivity contribution in [1.29, 1.82) is 0 Å². The summed E-state index contributed by atoms with van der Waals surface area (Å²) in [7, 11) is 0. The summed E-state index contributed by atoms with van der Waals surface area (Å²) in [5.74, 6) is 1.50. The standard InChI is InChI=1S/C21H21N5O2S/c1-13-10-16-17(11-14(13)2)24-21(23-16)29-12-18-25-20(28-26-18)9-8-19(27)22-15-6-4-3-5-7-15/h3-7,10-11H,8-9,12H2,1-2H3,(H,22,27)(H,23,24). The minimum Gasteiger partial charge on any atom is -0.339 e. The van der Waals surface area contributed by atoms with E-state index in [0.717, 1.165) is 21.9 Å². The molecule has 4 aromatic rings. The van der Waals surface area contributed by atoms with Gasteiger partial charge in [0.05, 0.1) is 16.8 Å². The number of imidazole rings is 1. The first-order chi connectivity index (χ1) is 14.1. The minimum absolute atomic E-state index is 0.0850. The van der Waals surface area contributed by atoms with Crippen LogP contribution in [0, 0.1) is 13.8 Å². The Balaban J connectivity index is 1.29. The lowest BCUT2D eigenvalue weighted by Gasteiger charge is -2.02. The van der Waals surface area contributed by atoms with Gasteiger partial charge in [-0.2, -0.15) is 4.98 Å². The molecule has 1 amide bonds. The second-order valence-electron chi connectivity index (χ2n) is 6.80. The van der Waals surface area contributed by atoms with Crippen LogP contribution in [0.3, 0.4) is 0 Å². The number of aromatic nitrogens is 4. The first-order valence-corrected chi connectivity index (χ1v) is 10.3. The smallest absolute Gasteiger partial charge is 0.227 e. The van der Waals surface area contributed by atoms with Gasteiger partial charge in [0, 0.05) is 18.5 Å². The molecule has 2 heterocycles. The third-order valence-corrected chi connectivity index (χ3v) is 5.42. The van der Waals surface area contributed by atoms with E-state index in [2.05, 4.69) is 51.4 Å². The molecule has 0 saturated carbocycles. The highest BCUT2D eigenvalue weighted by atomic mass is 32.2. The number of nitrogens with zero attached hydrogens (tertiary/aromatic N) is 3. The van der Waals surface area contributed by atoms with E-state index in [0.29, 0.717) is 23.9 Å². The molecule has 2 aromatic carbocycles. The molecule has 0 aliphatic heterocycles. The maximum absolute atomic E-state index is 12.0. The number of aryl methyl sites for hydroxylation is 3. The van der Waals surface area contributed by atoms with Crippen LogP contribution in [-0.2, 0) is 17.0 Å². The zero-order chi connectivity index (χ0) is 20.2. The number of hydrogen-bond donors (Lipinski definition) is 2. The van der Waals surface area contributed by atoms with Crippen LogP contribution in [0.2, 0.25) is 0 Å². The van der Waals surface area contributed by atoms with Crippen molar-refractivity contribution in [1.82, 2.24) is 20.1 Å². The van der Waals surface area contributed by atoms with Crippen molar-refractivity contribution in [3.8, 4) is 0 Å². The van der Waals surface area contributed by atoms with E-state index in [1.54, 1.807) is 0 Å². The van der Waals surface area contributed by atoms with Crippen LogP contribution < -0.4 is 5.32 Å². The molecule has 7 nitrogen and oxygen atoms in total. The number of aromatic amines is 1. The molecule has 0 saturated heterocycles. The fraction of sp³-hybridized carbons (Fsp3) is 0.238.